The number of rotatable bonds is 9. The summed E-state index contributed by atoms with van der Waals surface area (Å²) >= 11 is 0. The van der Waals surface area contributed by atoms with Crippen LogP contribution in [0.5, 0.6) is 5.75 Å². The molecule has 2 aromatic carbocycles. The van der Waals surface area contributed by atoms with Crippen molar-refractivity contribution < 1.29 is 19.1 Å². The molecule has 150 valence electrons. The van der Waals surface area contributed by atoms with Crippen LogP contribution in [0, 0.1) is 0 Å². The van der Waals surface area contributed by atoms with E-state index < -0.39 is 5.97 Å². The van der Waals surface area contributed by atoms with Gasteiger partial charge in [0.2, 0.25) is 0 Å². The molecule has 6 heteroatoms. The van der Waals surface area contributed by atoms with Crippen LogP contribution < -0.4 is 15.0 Å². The van der Waals surface area contributed by atoms with E-state index in [2.05, 4.69) is 19.2 Å². The van der Waals surface area contributed by atoms with Crippen molar-refractivity contribution in [2.24, 2.45) is 0 Å². The third-order valence-electron chi connectivity index (χ3n) is 4.21. The lowest BCUT2D eigenvalue weighted by atomic mass is 10.0. The number of carbonyl (C=O) groups is 2. The van der Waals surface area contributed by atoms with Gasteiger partial charge in [-0.05, 0) is 41.3 Å². The number of nitrogens with one attached hydrogen (secondary N) is 1. The van der Waals surface area contributed by atoms with Gasteiger partial charge in [0.1, 0.15) is 5.75 Å². The Morgan fingerprint density at radius 3 is 2.18 bits per heavy atom. The first-order valence-corrected chi connectivity index (χ1v) is 9.26. The van der Waals surface area contributed by atoms with Gasteiger partial charge in [0, 0.05) is 26.3 Å². The zero-order chi connectivity index (χ0) is 20.5. The summed E-state index contributed by atoms with van der Waals surface area (Å²) in [4.78, 5) is 25.6. The molecule has 0 radical (unpaired) electrons. The van der Waals surface area contributed by atoms with Crippen molar-refractivity contribution in [2.45, 2.75) is 26.3 Å². The lowest BCUT2D eigenvalue weighted by Gasteiger charge is -2.13. The van der Waals surface area contributed by atoms with Crippen LogP contribution in [-0.2, 0) is 20.9 Å². The number of amides is 1. The van der Waals surface area contributed by atoms with Crippen molar-refractivity contribution in [3.63, 3.8) is 0 Å². The highest BCUT2D eigenvalue weighted by atomic mass is 16.6. The monoisotopic (exact) mass is 384 g/mol. The second-order valence-electron chi connectivity index (χ2n) is 7.01. The van der Waals surface area contributed by atoms with Crippen molar-refractivity contribution in [1.29, 1.82) is 0 Å². The lowest BCUT2D eigenvalue weighted by Crippen LogP contribution is -2.29. The summed E-state index contributed by atoms with van der Waals surface area (Å²) in [6.07, 6.45) is 0. The molecule has 0 aliphatic carbocycles. The number of carbonyl (C=O) groups excluding carboxylic acids is 2. The van der Waals surface area contributed by atoms with E-state index in [1.165, 1.54) is 5.56 Å². The van der Waals surface area contributed by atoms with Gasteiger partial charge in [0.05, 0.1) is 0 Å². The van der Waals surface area contributed by atoms with E-state index in [9.17, 15) is 9.59 Å². The highest BCUT2D eigenvalue weighted by Gasteiger charge is 2.09. The van der Waals surface area contributed by atoms with Gasteiger partial charge in [-0.3, -0.25) is 4.79 Å². The summed E-state index contributed by atoms with van der Waals surface area (Å²) in [5.74, 6) is 0.0835. The predicted octanol–water partition coefficient (Wildman–Crippen LogP) is 3.11. The van der Waals surface area contributed by atoms with Gasteiger partial charge in [-0.1, -0.05) is 38.1 Å². The molecule has 2 aromatic rings. The van der Waals surface area contributed by atoms with Gasteiger partial charge < -0.3 is 19.7 Å². The molecule has 28 heavy (non-hydrogen) atoms. The second-order valence-corrected chi connectivity index (χ2v) is 7.01. The highest BCUT2D eigenvalue weighted by Crippen LogP contribution is 2.18. The van der Waals surface area contributed by atoms with E-state index in [4.69, 9.17) is 9.47 Å². The number of anilines is 1. The standard InChI is InChI=1S/C22H28N2O4/c1-16(2)18-7-11-20(12-8-18)27-15-22(26)28-14-21(25)23-13-17-5-9-19(10-6-17)24(3)4/h5-12,16H,13-15H2,1-4H3,(H,23,25). The summed E-state index contributed by atoms with van der Waals surface area (Å²) in [5.41, 5.74) is 3.25. The maximum Gasteiger partial charge on any atom is 0.344 e. The Bertz CT molecular complexity index is 701. The molecule has 0 aromatic heterocycles. The minimum absolute atomic E-state index is 0.236. The number of nitrogens with zero attached hydrogens (tertiary/aromatic N) is 1. The van der Waals surface area contributed by atoms with Crippen LogP contribution in [0.1, 0.15) is 30.9 Å². The Morgan fingerprint density at radius 1 is 0.964 bits per heavy atom. The topological polar surface area (TPSA) is 67.9 Å². The molecule has 1 N–H and O–H groups in total. The summed E-state index contributed by atoms with van der Waals surface area (Å²) in [6, 6.07) is 15.4. The quantitative estimate of drug-likeness (QED) is 0.673. The SMILES string of the molecule is CC(C)c1ccc(OCC(=O)OCC(=O)NCc2ccc(N(C)C)cc2)cc1. The Kier molecular flexibility index (Phi) is 7.87. The van der Waals surface area contributed by atoms with Gasteiger partial charge >= 0.3 is 5.97 Å². The molecule has 0 spiro atoms. The van der Waals surface area contributed by atoms with Crippen LogP contribution in [-0.4, -0.2) is 39.2 Å². The molecule has 0 heterocycles. The summed E-state index contributed by atoms with van der Waals surface area (Å²) < 4.78 is 10.3. The molecule has 0 unspecified atom stereocenters. The molecule has 0 saturated heterocycles. The molecule has 6 nitrogen and oxygen atoms in total. The molecule has 0 fully saturated rings. The molecule has 0 saturated carbocycles. The zero-order valence-electron chi connectivity index (χ0n) is 16.9. The average molecular weight is 384 g/mol. The fraction of sp³-hybridized carbons (Fsp3) is 0.364. The largest absolute Gasteiger partial charge is 0.482 e. The first-order valence-electron chi connectivity index (χ1n) is 9.26. The van der Waals surface area contributed by atoms with Crippen LogP contribution in [0.4, 0.5) is 5.69 Å². The average Bonchev–Trinajstić information content (AvgIpc) is 2.69. The van der Waals surface area contributed by atoms with Gasteiger partial charge in [-0.2, -0.15) is 0 Å². The van der Waals surface area contributed by atoms with Crippen molar-refractivity contribution in [3.8, 4) is 5.75 Å². The Labute approximate surface area is 166 Å². The van der Waals surface area contributed by atoms with Gasteiger partial charge in [0.25, 0.3) is 5.91 Å². The lowest BCUT2D eigenvalue weighted by molar-refractivity contribution is -0.150. The van der Waals surface area contributed by atoms with Crippen molar-refractivity contribution in [1.82, 2.24) is 5.32 Å². The minimum Gasteiger partial charge on any atom is -0.482 e. The number of hydrogen-bond acceptors (Lipinski definition) is 5. The van der Waals surface area contributed by atoms with Crippen molar-refractivity contribution >= 4 is 17.6 Å². The van der Waals surface area contributed by atoms with Crippen molar-refractivity contribution in [2.75, 3.05) is 32.2 Å². The first-order chi connectivity index (χ1) is 13.3. The number of ether oxygens (including phenoxy) is 2. The molecule has 2 rings (SSSR count). The fourth-order valence-corrected chi connectivity index (χ4v) is 2.44. The smallest absolute Gasteiger partial charge is 0.344 e. The maximum atomic E-state index is 11.8. The Hall–Kier alpha value is -3.02. The third kappa shape index (κ3) is 6.95. The van der Waals surface area contributed by atoms with Gasteiger partial charge in [-0.15, -0.1) is 0 Å². The zero-order valence-corrected chi connectivity index (χ0v) is 16.9. The number of benzene rings is 2. The van der Waals surface area contributed by atoms with E-state index in [1.807, 2.05) is 67.5 Å². The van der Waals surface area contributed by atoms with Crippen LogP contribution in [0.2, 0.25) is 0 Å². The second kappa shape index (κ2) is 10.3. The summed E-state index contributed by atoms with van der Waals surface area (Å²) in [5, 5.41) is 2.72. The van der Waals surface area contributed by atoms with Crippen LogP contribution >= 0.6 is 0 Å². The van der Waals surface area contributed by atoms with Gasteiger partial charge in [-0.25, -0.2) is 4.79 Å². The molecule has 0 atom stereocenters. The predicted molar refractivity (Wildman–Crippen MR) is 110 cm³/mol. The van der Waals surface area contributed by atoms with E-state index in [0.717, 1.165) is 11.3 Å². The normalized spacial score (nSPS) is 10.5. The van der Waals surface area contributed by atoms with E-state index >= 15 is 0 Å². The summed E-state index contributed by atoms with van der Waals surface area (Å²) in [7, 11) is 3.94. The summed E-state index contributed by atoms with van der Waals surface area (Å²) in [6.45, 7) is 4.03. The molecular weight excluding hydrogens is 356 g/mol. The molecule has 0 aliphatic heterocycles. The maximum absolute atomic E-state index is 11.8. The number of esters is 1. The number of hydrogen-bond donors (Lipinski definition) is 1. The van der Waals surface area contributed by atoms with E-state index in [1.54, 1.807) is 0 Å². The van der Waals surface area contributed by atoms with Crippen LogP contribution in [0.25, 0.3) is 0 Å². The van der Waals surface area contributed by atoms with Gasteiger partial charge in [0.15, 0.2) is 13.2 Å². The van der Waals surface area contributed by atoms with Crippen molar-refractivity contribution in [3.05, 3.63) is 59.7 Å². The van der Waals surface area contributed by atoms with Crippen LogP contribution in [0.3, 0.4) is 0 Å². The first kappa shape index (κ1) is 21.3. The third-order valence-corrected chi connectivity index (χ3v) is 4.21. The molecule has 0 aliphatic rings. The molecular formula is C22H28N2O4. The Balaban J connectivity index is 1.66. The van der Waals surface area contributed by atoms with E-state index in [-0.39, 0.29) is 19.1 Å². The fourth-order valence-electron chi connectivity index (χ4n) is 2.44. The van der Waals surface area contributed by atoms with E-state index in [0.29, 0.717) is 18.2 Å². The minimum atomic E-state index is -0.585. The molecule has 1 amide bonds. The highest BCUT2D eigenvalue weighted by molar-refractivity contribution is 5.80. The Morgan fingerprint density at radius 2 is 1.61 bits per heavy atom. The van der Waals surface area contributed by atoms with Crippen LogP contribution in [0.15, 0.2) is 48.5 Å². The molecule has 0 bridgehead atoms.